The molecule has 27 heavy (non-hydrogen) atoms. The topological polar surface area (TPSA) is 59.1 Å². The van der Waals surface area contributed by atoms with Gasteiger partial charge in [0.2, 0.25) is 11.8 Å². The van der Waals surface area contributed by atoms with E-state index in [0.29, 0.717) is 26.1 Å². The van der Waals surface area contributed by atoms with Crippen LogP contribution in [0.15, 0.2) is 0 Å². The van der Waals surface area contributed by atoms with Crippen LogP contribution in [0, 0.1) is 5.41 Å². The van der Waals surface area contributed by atoms with Crippen LogP contribution in [0.4, 0.5) is 0 Å². The second-order valence-corrected chi connectivity index (χ2v) is 8.16. The maximum atomic E-state index is 12.0. The predicted octanol–water partition coefficient (Wildman–Crippen LogP) is 3.54. The van der Waals surface area contributed by atoms with Gasteiger partial charge in [-0.2, -0.15) is 0 Å². The summed E-state index contributed by atoms with van der Waals surface area (Å²) in [6.07, 6.45) is 6.96. The van der Waals surface area contributed by atoms with Crippen molar-refractivity contribution < 1.29 is 19.1 Å². The number of amides is 2. The Morgan fingerprint density at radius 1 is 0.926 bits per heavy atom. The monoisotopic (exact) mass is 382 g/mol. The van der Waals surface area contributed by atoms with Gasteiger partial charge < -0.3 is 19.3 Å². The Morgan fingerprint density at radius 3 is 1.74 bits per heavy atom. The van der Waals surface area contributed by atoms with Crippen molar-refractivity contribution in [2.45, 2.75) is 91.5 Å². The molecule has 0 aliphatic carbocycles. The fourth-order valence-electron chi connectivity index (χ4n) is 4.00. The van der Waals surface area contributed by atoms with Gasteiger partial charge in [-0.05, 0) is 39.5 Å². The van der Waals surface area contributed by atoms with Crippen molar-refractivity contribution in [3.8, 4) is 0 Å². The van der Waals surface area contributed by atoms with E-state index in [-0.39, 0.29) is 29.7 Å². The fourth-order valence-corrected chi connectivity index (χ4v) is 4.00. The largest absolute Gasteiger partial charge is 0.358 e. The Bertz CT molecular complexity index is 461. The molecule has 2 rings (SSSR count). The van der Waals surface area contributed by atoms with Gasteiger partial charge in [0.1, 0.15) is 12.5 Å². The lowest BCUT2D eigenvalue weighted by atomic mass is 9.81. The zero-order chi connectivity index (χ0) is 19.9. The number of hydrogen-bond donors (Lipinski definition) is 0. The molecule has 0 saturated carbocycles. The maximum absolute atomic E-state index is 12.0. The van der Waals surface area contributed by atoms with Crippen LogP contribution in [0.2, 0.25) is 0 Å². The third kappa shape index (κ3) is 5.92. The molecule has 2 aliphatic rings. The Balaban J connectivity index is 1.93. The second-order valence-electron chi connectivity index (χ2n) is 8.16. The molecule has 0 radical (unpaired) electrons. The molecular formula is C21H38N2O4. The molecule has 156 valence electrons. The van der Waals surface area contributed by atoms with Crippen LogP contribution in [0.1, 0.15) is 79.1 Å². The molecule has 2 fully saturated rings. The van der Waals surface area contributed by atoms with Gasteiger partial charge in [-0.25, -0.2) is 0 Å². The summed E-state index contributed by atoms with van der Waals surface area (Å²) in [6.45, 7) is 11.0. The van der Waals surface area contributed by atoms with Crippen LogP contribution in [0.25, 0.3) is 0 Å². The van der Waals surface area contributed by atoms with Crippen molar-refractivity contribution in [3.05, 3.63) is 0 Å². The Hall–Kier alpha value is -1.14. The summed E-state index contributed by atoms with van der Waals surface area (Å²) in [5.74, 6) is 0.381. The molecule has 2 unspecified atom stereocenters. The molecule has 6 nitrogen and oxygen atoms in total. The van der Waals surface area contributed by atoms with E-state index in [1.807, 2.05) is 23.6 Å². The SMILES string of the molecule is CCCCC(CC)(COC(C)N1CCCC1=O)COC(C)N1CCCC1=O. The molecule has 0 N–H and O–H groups in total. The predicted molar refractivity (Wildman–Crippen MR) is 105 cm³/mol. The van der Waals surface area contributed by atoms with E-state index in [9.17, 15) is 9.59 Å². The average Bonchev–Trinajstić information content (AvgIpc) is 3.29. The number of unbranched alkanes of at least 4 members (excludes halogenated alkanes) is 1. The molecule has 0 spiro atoms. The van der Waals surface area contributed by atoms with Crippen LogP contribution in [-0.2, 0) is 19.1 Å². The maximum Gasteiger partial charge on any atom is 0.224 e. The van der Waals surface area contributed by atoms with Crippen LogP contribution >= 0.6 is 0 Å². The minimum atomic E-state index is -0.190. The summed E-state index contributed by atoms with van der Waals surface area (Å²) in [6, 6.07) is 0. The van der Waals surface area contributed by atoms with Crippen molar-refractivity contribution >= 4 is 11.8 Å². The number of nitrogens with zero attached hydrogens (tertiary/aromatic N) is 2. The first-order valence-electron chi connectivity index (χ1n) is 10.7. The molecule has 2 heterocycles. The second kappa shape index (κ2) is 10.4. The van der Waals surface area contributed by atoms with Crippen molar-refractivity contribution in [2.75, 3.05) is 26.3 Å². The van der Waals surface area contributed by atoms with Crippen LogP contribution < -0.4 is 0 Å². The summed E-state index contributed by atoms with van der Waals surface area (Å²) in [5, 5.41) is 0. The number of carbonyl (C=O) groups excluding carboxylic acids is 2. The summed E-state index contributed by atoms with van der Waals surface area (Å²) >= 11 is 0. The number of likely N-dealkylation sites (tertiary alicyclic amines) is 2. The highest BCUT2D eigenvalue weighted by Crippen LogP contribution is 2.32. The Morgan fingerprint density at radius 2 is 1.41 bits per heavy atom. The van der Waals surface area contributed by atoms with Gasteiger partial charge in [0.15, 0.2) is 0 Å². The van der Waals surface area contributed by atoms with Crippen molar-refractivity contribution in [1.29, 1.82) is 0 Å². The average molecular weight is 383 g/mol. The number of hydrogen-bond acceptors (Lipinski definition) is 4. The van der Waals surface area contributed by atoms with Gasteiger partial charge in [0, 0.05) is 31.3 Å². The number of carbonyl (C=O) groups is 2. The van der Waals surface area contributed by atoms with Crippen molar-refractivity contribution in [1.82, 2.24) is 9.80 Å². The Kier molecular flexibility index (Phi) is 8.55. The van der Waals surface area contributed by atoms with Crippen LogP contribution in [-0.4, -0.2) is 60.4 Å². The lowest BCUT2D eigenvalue weighted by molar-refractivity contribution is -0.153. The molecule has 6 heteroatoms. The van der Waals surface area contributed by atoms with E-state index in [2.05, 4.69) is 13.8 Å². The molecular weight excluding hydrogens is 344 g/mol. The highest BCUT2D eigenvalue weighted by atomic mass is 16.5. The first-order chi connectivity index (χ1) is 12.9. The third-order valence-electron chi connectivity index (χ3n) is 6.17. The van der Waals surface area contributed by atoms with Gasteiger partial charge >= 0.3 is 0 Å². The molecule has 0 aromatic rings. The smallest absolute Gasteiger partial charge is 0.224 e. The van der Waals surface area contributed by atoms with E-state index in [1.54, 1.807) is 0 Å². The van der Waals surface area contributed by atoms with Gasteiger partial charge in [0.25, 0.3) is 0 Å². The number of ether oxygens (including phenoxy) is 2. The summed E-state index contributed by atoms with van der Waals surface area (Å²) in [5.41, 5.74) is -0.0793. The molecule has 2 aliphatic heterocycles. The van der Waals surface area contributed by atoms with E-state index in [1.165, 1.54) is 0 Å². The first-order valence-corrected chi connectivity index (χ1v) is 10.7. The fraction of sp³-hybridized carbons (Fsp3) is 0.905. The van der Waals surface area contributed by atoms with Gasteiger partial charge in [-0.1, -0.05) is 26.7 Å². The minimum absolute atomic E-state index is 0.0793. The molecule has 0 aromatic carbocycles. The Labute approximate surface area is 164 Å². The van der Waals surface area contributed by atoms with Crippen molar-refractivity contribution in [2.24, 2.45) is 5.41 Å². The van der Waals surface area contributed by atoms with Gasteiger partial charge in [-0.3, -0.25) is 9.59 Å². The lowest BCUT2D eigenvalue weighted by Gasteiger charge is -2.37. The zero-order valence-corrected chi connectivity index (χ0v) is 17.7. The van der Waals surface area contributed by atoms with E-state index < -0.39 is 0 Å². The minimum Gasteiger partial charge on any atom is -0.358 e. The van der Waals surface area contributed by atoms with E-state index in [0.717, 1.165) is 51.6 Å². The zero-order valence-electron chi connectivity index (χ0n) is 17.7. The highest BCUT2D eigenvalue weighted by molar-refractivity contribution is 5.78. The number of rotatable bonds is 12. The third-order valence-corrected chi connectivity index (χ3v) is 6.17. The quantitative estimate of drug-likeness (QED) is 0.518. The lowest BCUT2D eigenvalue weighted by Crippen LogP contribution is -2.43. The molecule has 0 bridgehead atoms. The standard InChI is InChI=1S/C21H38N2O4/c1-5-7-12-21(6-2,15-26-17(3)22-13-8-10-19(22)24)16-27-18(4)23-14-9-11-20(23)25/h17-18H,5-16H2,1-4H3. The summed E-state index contributed by atoms with van der Waals surface area (Å²) < 4.78 is 12.3. The van der Waals surface area contributed by atoms with E-state index in [4.69, 9.17) is 9.47 Å². The van der Waals surface area contributed by atoms with Gasteiger partial charge in [0.05, 0.1) is 13.2 Å². The molecule has 2 saturated heterocycles. The van der Waals surface area contributed by atoms with Crippen LogP contribution in [0.3, 0.4) is 0 Å². The van der Waals surface area contributed by atoms with Crippen LogP contribution in [0.5, 0.6) is 0 Å². The summed E-state index contributed by atoms with van der Waals surface area (Å²) in [4.78, 5) is 27.6. The molecule has 2 amide bonds. The molecule has 2 atom stereocenters. The normalized spacial score (nSPS) is 22.4. The highest BCUT2D eigenvalue weighted by Gasteiger charge is 2.34. The molecule has 0 aromatic heterocycles. The summed E-state index contributed by atoms with van der Waals surface area (Å²) in [7, 11) is 0. The van der Waals surface area contributed by atoms with Crippen molar-refractivity contribution in [3.63, 3.8) is 0 Å². The van der Waals surface area contributed by atoms with E-state index >= 15 is 0 Å². The van der Waals surface area contributed by atoms with Gasteiger partial charge in [-0.15, -0.1) is 0 Å². The first kappa shape index (κ1) is 22.2.